The number of hydrogen-bond acceptors (Lipinski definition) is 4. The molecule has 0 heterocycles. The predicted molar refractivity (Wildman–Crippen MR) is 158 cm³/mol. The molecule has 208 valence electrons. The zero-order valence-corrected chi connectivity index (χ0v) is 23.7. The summed E-state index contributed by atoms with van der Waals surface area (Å²) in [6, 6.07) is 23.8. The molecule has 0 aliphatic heterocycles. The van der Waals surface area contributed by atoms with Crippen molar-refractivity contribution in [2.24, 2.45) is 0 Å². The molecule has 3 N–H and O–H groups in total. The molecule has 2 atom stereocenters. The average Bonchev–Trinajstić information content (AvgIpc) is 2.95. The molecule has 0 saturated heterocycles. The van der Waals surface area contributed by atoms with Crippen molar-refractivity contribution in [2.45, 2.75) is 51.7 Å². The summed E-state index contributed by atoms with van der Waals surface area (Å²) < 4.78 is 0. The Morgan fingerprint density at radius 3 is 2.26 bits per heavy atom. The lowest BCUT2D eigenvalue weighted by Crippen LogP contribution is -2.49. The van der Waals surface area contributed by atoms with Crippen LogP contribution in [0.1, 0.15) is 58.5 Å². The van der Waals surface area contributed by atoms with E-state index in [-0.39, 0.29) is 11.8 Å². The molecule has 0 spiro atoms. The van der Waals surface area contributed by atoms with Crippen molar-refractivity contribution >= 4 is 23.4 Å². The Labute approximate surface area is 237 Å². The van der Waals surface area contributed by atoms with Gasteiger partial charge >= 0.3 is 0 Å². The summed E-state index contributed by atoms with van der Waals surface area (Å²) in [4.78, 5) is 28.2. The number of amides is 2. The molecule has 3 aromatic rings. The second kappa shape index (κ2) is 16.0. The van der Waals surface area contributed by atoms with Crippen molar-refractivity contribution in [3.05, 3.63) is 106 Å². The van der Waals surface area contributed by atoms with Crippen molar-refractivity contribution in [1.82, 2.24) is 15.5 Å². The number of aliphatic hydroxyl groups excluding tert-OH is 1. The Morgan fingerprint density at radius 1 is 0.897 bits per heavy atom. The molecule has 39 heavy (non-hydrogen) atoms. The number of carbonyl (C=O) groups is 2. The van der Waals surface area contributed by atoms with Crippen LogP contribution in [0.15, 0.2) is 78.9 Å². The smallest absolute Gasteiger partial charge is 0.253 e. The van der Waals surface area contributed by atoms with Gasteiger partial charge in [0.2, 0.25) is 0 Å². The van der Waals surface area contributed by atoms with E-state index in [1.54, 1.807) is 24.3 Å². The number of nitrogens with one attached hydrogen (secondary N) is 2. The molecule has 0 aliphatic rings. The summed E-state index contributed by atoms with van der Waals surface area (Å²) in [5, 5.41) is 18.1. The SMILES string of the molecule is CCCN(CCC)C(=O)c1cccc(C(=O)N[C@@H](Cc2ccccc2)[C@H](O)CNCCc2ccccc2Cl)c1. The van der Waals surface area contributed by atoms with Crippen LogP contribution in [-0.2, 0) is 12.8 Å². The molecule has 0 bridgehead atoms. The van der Waals surface area contributed by atoms with Crippen LogP contribution in [0.3, 0.4) is 0 Å². The minimum Gasteiger partial charge on any atom is -0.390 e. The highest BCUT2D eigenvalue weighted by Gasteiger charge is 2.23. The van der Waals surface area contributed by atoms with E-state index < -0.39 is 12.1 Å². The minimum atomic E-state index is -0.824. The number of halogens is 1. The van der Waals surface area contributed by atoms with Gasteiger partial charge in [0, 0.05) is 35.8 Å². The fourth-order valence-electron chi connectivity index (χ4n) is 4.55. The molecule has 2 amide bonds. The lowest BCUT2D eigenvalue weighted by Gasteiger charge is -2.25. The number of hydrogen-bond donors (Lipinski definition) is 3. The third-order valence-electron chi connectivity index (χ3n) is 6.61. The molecule has 7 heteroatoms. The van der Waals surface area contributed by atoms with E-state index in [0.29, 0.717) is 43.7 Å². The molecule has 0 aromatic heterocycles. The molecule has 3 aromatic carbocycles. The molecular weight excluding hydrogens is 510 g/mol. The van der Waals surface area contributed by atoms with Gasteiger partial charge in [-0.2, -0.15) is 0 Å². The largest absolute Gasteiger partial charge is 0.390 e. The minimum absolute atomic E-state index is 0.0723. The van der Waals surface area contributed by atoms with Crippen molar-refractivity contribution in [3.8, 4) is 0 Å². The Hall–Kier alpha value is -3.19. The molecule has 0 radical (unpaired) electrons. The van der Waals surface area contributed by atoms with Gasteiger partial charge in [0.1, 0.15) is 0 Å². The van der Waals surface area contributed by atoms with E-state index in [4.69, 9.17) is 11.6 Å². The topological polar surface area (TPSA) is 81.7 Å². The maximum Gasteiger partial charge on any atom is 0.253 e. The monoisotopic (exact) mass is 549 g/mol. The molecule has 0 saturated carbocycles. The number of benzene rings is 3. The maximum atomic E-state index is 13.3. The van der Waals surface area contributed by atoms with Gasteiger partial charge in [-0.1, -0.05) is 80.0 Å². The summed E-state index contributed by atoms with van der Waals surface area (Å²) in [6.07, 6.45) is 2.12. The first-order valence-electron chi connectivity index (χ1n) is 13.8. The fraction of sp³-hybridized carbons (Fsp3) is 0.375. The highest BCUT2D eigenvalue weighted by molar-refractivity contribution is 6.31. The Bertz CT molecular complexity index is 1180. The molecule has 6 nitrogen and oxygen atoms in total. The van der Waals surface area contributed by atoms with Crippen LogP contribution in [0.5, 0.6) is 0 Å². The van der Waals surface area contributed by atoms with Gasteiger partial charge in [-0.15, -0.1) is 0 Å². The van der Waals surface area contributed by atoms with Crippen LogP contribution in [0.2, 0.25) is 5.02 Å². The zero-order valence-electron chi connectivity index (χ0n) is 22.9. The van der Waals surface area contributed by atoms with E-state index in [9.17, 15) is 14.7 Å². The van der Waals surface area contributed by atoms with E-state index >= 15 is 0 Å². The number of rotatable bonds is 15. The molecule has 0 aliphatic carbocycles. The van der Waals surface area contributed by atoms with Crippen molar-refractivity contribution < 1.29 is 14.7 Å². The predicted octanol–water partition coefficient (Wildman–Crippen LogP) is 5.14. The summed E-state index contributed by atoms with van der Waals surface area (Å²) in [5.74, 6) is -0.393. The standard InChI is InChI=1S/C32H40ClN3O3/c1-3-19-36(20-4-2)32(39)27-15-10-14-26(22-27)31(38)35-29(21-24-11-6-5-7-12-24)30(37)23-34-18-17-25-13-8-9-16-28(25)33/h5-16,22,29-30,34,37H,3-4,17-21,23H2,1-2H3,(H,35,38)/t29-,30+/m0/s1. The molecule has 0 unspecified atom stereocenters. The summed E-state index contributed by atoms with van der Waals surface area (Å²) >= 11 is 6.25. The van der Waals surface area contributed by atoms with Crippen LogP contribution in [0.4, 0.5) is 0 Å². The first-order chi connectivity index (χ1) is 18.9. The number of nitrogens with zero attached hydrogens (tertiary/aromatic N) is 1. The second-order valence-electron chi connectivity index (χ2n) is 9.76. The normalized spacial score (nSPS) is 12.5. The van der Waals surface area contributed by atoms with E-state index in [2.05, 4.69) is 10.6 Å². The van der Waals surface area contributed by atoms with Crippen molar-refractivity contribution in [3.63, 3.8) is 0 Å². The maximum absolute atomic E-state index is 13.3. The van der Waals surface area contributed by atoms with Gasteiger partial charge in [0.25, 0.3) is 11.8 Å². The van der Waals surface area contributed by atoms with Crippen LogP contribution >= 0.6 is 11.6 Å². The van der Waals surface area contributed by atoms with Crippen LogP contribution < -0.4 is 10.6 Å². The van der Waals surface area contributed by atoms with E-state index in [0.717, 1.165) is 35.4 Å². The molecular formula is C32H40ClN3O3. The van der Waals surface area contributed by atoms with Crippen LogP contribution in [0.25, 0.3) is 0 Å². The van der Waals surface area contributed by atoms with Crippen LogP contribution in [-0.4, -0.2) is 60.1 Å². The van der Waals surface area contributed by atoms with E-state index in [1.165, 1.54) is 0 Å². The first-order valence-corrected chi connectivity index (χ1v) is 14.2. The lowest BCUT2D eigenvalue weighted by molar-refractivity contribution is 0.0755. The quantitative estimate of drug-likeness (QED) is 0.229. The fourth-order valence-corrected chi connectivity index (χ4v) is 4.78. The Morgan fingerprint density at radius 2 is 1.56 bits per heavy atom. The third kappa shape index (κ3) is 9.50. The van der Waals surface area contributed by atoms with Crippen LogP contribution in [0, 0.1) is 0 Å². The van der Waals surface area contributed by atoms with Gasteiger partial charge in [-0.05, 0) is 67.6 Å². The summed E-state index contributed by atoms with van der Waals surface area (Å²) in [6.45, 7) is 6.40. The highest BCUT2D eigenvalue weighted by atomic mass is 35.5. The van der Waals surface area contributed by atoms with Crippen molar-refractivity contribution in [1.29, 1.82) is 0 Å². The second-order valence-corrected chi connectivity index (χ2v) is 10.2. The van der Waals surface area contributed by atoms with Gasteiger partial charge in [-0.3, -0.25) is 9.59 Å². The summed E-state index contributed by atoms with van der Waals surface area (Å²) in [5.41, 5.74) is 2.94. The Balaban J connectivity index is 1.68. The Kier molecular flexibility index (Phi) is 12.5. The zero-order chi connectivity index (χ0) is 28.0. The van der Waals surface area contributed by atoms with E-state index in [1.807, 2.05) is 73.3 Å². The average molecular weight is 550 g/mol. The highest BCUT2D eigenvalue weighted by Crippen LogP contribution is 2.15. The van der Waals surface area contributed by atoms with Crippen molar-refractivity contribution in [2.75, 3.05) is 26.2 Å². The molecule has 3 rings (SSSR count). The molecule has 0 fully saturated rings. The van der Waals surface area contributed by atoms with Gasteiger partial charge in [-0.25, -0.2) is 0 Å². The third-order valence-corrected chi connectivity index (χ3v) is 6.98. The first kappa shape index (κ1) is 30.4. The number of carbonyl (C=O) groups excluding carboxylic acids is 2. The lowest BCUT2D eigenvalue weighted by atomic mass is 10.00. The van der Waals surface area contributed by atoms with Gasteiger partial charge < -0.3 is 20.6 Å². The van der Waals surface area contributed by atoms with Gasteiger partial charge in [0.05, 0.1) is 12.1 Å². The van der Waals surface area contributed by atoms with Gasteiger partial charge in [0.15, 0.2) is 0 Å². The number of aliphatic hydroxyl groups is 1. The summed E-state index contributed by atoms with van der Waals surface area (Å²) in [7, 11) is 0.